The Hall–Kier alpha value is -1.49. The lowest BCUT2D eigenvalue weighted by Crippen LogP contribution is -2.42. The van der Waals surface area contributed by atoms with E-state index in [0.717, 1.165) is 44.1 Å². The Morgan fingerprint density at radius 2 is 2.05 bits per heavy atom. The molecule has 0 unspecified atom stereocenters. The predicted molar refractivity (Wildman–Crippen MR) is 68.7 cm³/mol. The molecule has 1 aromatic carbocycles. The molecule has 2 N–H and O–H groups in total. The van der Waals surface area contributed by atoms with Gasteiger partial charge in [-0.15, -0.1) is 0 Å². The molecule has 1 aliphatic rings. The van der Waals surface area contributed by atoms with Crippen LogP contribution in [0.3, 0.4) is 0 Å². The molecule has 2 rings (SSSR count). The molecular weight excluding hydrogens is 250 g/mol. The number of nitrogens with one attached hydrogen (secondary N) is 2. The number of carbonyl (C=O) groups is 1. The smallest absolute Gasteiger partial charge is 0.220 e. The van der Waals surface area contributed by atoms with Crippen LogP contribution in [0.5, 0.6) is 0 Å². The molecule has 1 aliphatic heterocycles. The molecule has 0 aromatic heterocycles. The summed E-state index contributed by atoms with van der Waals surface area (Å²) in [5, 5.41) is 6.14. The number of aryl methyl sites for hydroxylation is 1. The van der Waals surface area contributed by atoms with E-state index in [1.165, 1.54) is 0 Å². The van der Waals surface area contributed by atoms with E-state index in [9.17, 15) is 13.6 Å². The maximum atomic E-state index is 13.4. The van der Waals surface area contributed by atoms with E-state index in [1.54, 1.807) is 0 Å². The highest BCUT2D eigenvalue weighted by Gasteiger charge is 2.15. The Balaban J connectivity index is 1.81. The topological polar surface area (TPSA) is 41.1 Å². The van der Waals surface area contributed by atoms with Gasteiger partial charge in [0, 0.05) is 12.5 Å². The fraction of sp³-hybridized carbons (Fsp3) is 0.500. The first-order chi connectivity index (χ1) is 9.15. The molecule has 5 heteroatoms. The standard InChI is InChI=1S/C14H18F2N2O/c15-11-2-3-13(16)10(9-11)1-4-14(19)18-12-5-7-17-8-6-12/h2-3,9,12,17H,1,4-8H2,(H,18,19). The summed E-state index contributed by atoms with van der Waals surface area (Å²) < 4.78 is 26.3. The summed E-state index contributed by atoms with van der Waals surface area (Å²) in [5.41, 5.74) is 0.250. The van der Waals surface area contributed by atoms with Crippen molar-refractivity contribution in [3.8, 4) is 0 Å². The van der Waals surface area contributed by atoms with Crippen LogP contribution >= 0.6 is 0 Å². The second-order valence-electron chi connectivity index (χ2n) is 4.83. The van der Waals surface area contributed by atoms with Crippen LogP contribution in [0.25, 0.3) is 0 Å². The highest BCUT2D eigenvalue weighted by atomic mass is 19.1. The lowest BCUT2D eigenvalue weighted by atomic mass is 10.1. The quantitative estimate of drug-likeness (QED) is 0.873. The number of rotatable bonds is 4. The van der Waals surface area contributed by atoms with Crippen LogP contribution in [-0.2, 0) is 11.2 Å². The Morgan fingerprint density at radius 1 is 1.32 bits per heavy atom. The second kappa shape index (κ2) is 6.61. The van der Waals surface area contributed by atoms with Crippen LogP contribution in [-0.4, -0.2) is 25.0 Å². The van der Waals surface area contributed by atoms with Crippen molar-refractivity contribution in [1.29, 1.82) is 0 Å². The monoisotopic (exact) mass is 268 g/mol. The summed E-state index contributed by atoms with van der Waals surface area (Å²) in [6, 6.07) is 3.52. The number of amides is 1. The van der Waals surface area contributed by atoms with Crippen molar-refractivity contribution in [3.05, 3.63) is 35.4 Å². The van der Waals surface area contributed by atoms with Crippen LogP contribution in [0, 0.1) is 11.6 Å². The van der Waals surface area contributed by atoms with E-state index < -0.39 is 11.6 Å². The first-order valence-electron chi connectivity index (χ1n) is 6.59. The van der Waals surface area contributed by atoms with Crippen LogP contribution in [0.1, 0.15) is 24.8 Å². The summed E-state index contributed by atoms with van der Waals surface area (Å²) in [4.78, 5) is 11.7. The highest BCUT2D eigenvalue weighted by molar-refractivity contribution is 5.76. The summed E-state index contributed by atoms with van der Waals surface area (Å²) >= 11 is 0. The van der Waals surface area contributed by atoms with E-state index in [1.807, 2.05) is 0 Å². The number of benzene rings is 1. The predicted octanol–water partition coefficient (Wildman–Crippen LogP) is 1.77. The minimum absolute atomic E-state index is 0.101. The van der Waals surface area contributed by atoms with Crippen LogP contribution in [0.15, 0.2) is 18.2 Å². The van der Waals surface area contributed by atoms with Crippen LogP contribution < -0.4 is 10.6 Å². The van der Waals surface area contributed by atoms with Gasteiger partial charge in [0.2, 0.25) is 5.91 Å². The molecule has 0 aliphatic carbocycles. The van der Waals surface area contributed by atoms with Crippen molar-refractivity contribution in [3.63, 3.8) is 0 Å². The Kier molecular flexibility index (Phi) is 4.85. The minimum Gasteiger partial charge on any atom is -0.353 e. The van der Waals surface area contributed by atoms with E-state index in [2.05, 4.69) is 10.6 Å². The summed E-state index contributed by atoms with van der Waals surface area (Å²) in [7, 11) is 0. The molecule has 0 bridgehead atoms. The molecule has 0 atom stereocenters. The maximum absolute atomic E-state index is 13.4. The summed E-state index contributed by atoms with van der Waals surface area (Å²) in [6.07, 6.45) is 2.24. The van der Waals surface area contributed by atoms with E-state index in [0.29, 0.717) is 0 Å². The third kappa shape index (κ3) is 4.28. The Morgan fingerprint density at radius 3 is 2.79 bits per heavy atom. The lowest BCUT2D eigenvalue weighted by Gasteiger charge is -2.23. The fourth-order valence-electron chi connectivity index (χ4n) is 2.25. The van der Waals surface area contributed by atoms with Crippen molar-refractivity contribution in [1.82, 2.24) is 10.6 Å². The molecule has 19 heavy (non-hydrogen) atoms. The largest absolute Gasteiger partial charge is 0.353 e. The van der Waals surface area contributed by atoms with Gasteiger partial charge in [-0.3, -0.25) is 4.79 Å². The maximum Gasteiger partial charge on any atom is 0.220 e. The lowest BCUT2D eigenvalue weighted by molar-refractivity contribution is -0.121. The van der Waals surface area contributed by atoms with E-state index >= 15 is 0 Å². The van der Waals surface area contributed by atoms with Gasteiger partial charge in [-0.2, -0.15) is 0 Å². The molecule has 1 saturated heterocycles. The van der Waals surface area contributed by atoms with Crippen molar-refractivity contribution in [2.75, 3.05) is 13.1 Å². The molecular formula is C14H18F2N2O. The molecule has 0 radical (unpaired) electrons. The molecule has 1 amide bonds. The molecule has 104 valence electrons. The van der Waals surface area contributed by atoms with Gasteiger partial charge in [0.05, 0.1) is 0 Å². The van der Waals surface area contributed by atoms with Gasteiger partial charge >= 0.3 is 0 Å². The third-order valence-corrected chi connectivity index (χ3v) is 3.33. The zero-order valence-electron chi connectivity index (χ0n) is 10.7. The average Bonchev–Trinajstić information content (AvgIpc) is 2.41. The molecule has 1 aromatic rings. The second-order valence-corrected chi connectivity index (χ2v) is 4.83. The van der Waals surface area contributed by atoms with Crippen molar-refractivity contribution in [2.24, 2.45) is 0 Å². The summed E-state index contributed by atoms with van der Waals surface area (Å²) in [5.74, 6) is -1.04. The van der Waals surface area contributed by atoms with Crippen molar-refractivity contribution >= 4 is 5.91 Å². The zero-order valence-corrected chi connectivity index (χ0v) is 10.7. The molecule has 0 saturated carbocycles. The van der Waals surface area contributed by atoms with Gasteiger partial charge < -0.3 is 10.6 Å². The van der Waals surface area contributed by atoms with Crippen LogP contribution in [0.2, 0.25) is 0 Å². The van der Waals surface area contributed by atoms with Gasteiger partial charge in [0.15, 0.2) is 0 Å². The number of hydrogen-bond donors (Lipinski definition) is 2. The van der Waals surface area contributed by atoms with Gasteiger partial charge in [-0.1, -0.05) is 0 Å². The van der Waals surface area contributed by atoms with Crippen molar-refractivity contribution < 1.29 is 13.6 Å². The normalized spacial score (nSPS) is 16.3. The Labute approximate surface area is 111 Å². The molecule has 1 heterocycles. The number of carbonyl (C=O) groups excluding carboxylic acids is 1. The summed E-state index contributed by atoms with van der Waals surface area (Å²) in [6.45, 7) is 1.81. The van der Waals surface area contributed by atoms with Crippen molar-refractivity contribution in [2.45, 2.75) is 31.7 Å². The first kappa shape index (κ1) is 13.9. The first-order valence-corrected chi connectivity index (χ1v) is 6.59. The van der Waals surface area contributed by atoms with Gasteiger partial charge in [-0.05, 0) is 56.1 Å². The van der Waals surface area contributed by atoms with Gasteiger partial charge in [0.25, 0.3) is 0 Å². The minimum atomic E-state index is -0.477. The third-order valence-electron chi connectivity index (χ3n) is 3.33. The number of piperidine rings is 1. The van der Waals surface area contributed by atoms with E-state index in [4.69, 9.17) is 0 Å². The molecule has 3 nitrogen and oxygen atoms in total. The Bertz CT molecular complexity index is 445. The molecule has 1 fully saturated rings. The SMILES string of the molecule is O=C(CCc1cc(F)ccc1F)NC1CCNCC1. The van der Waals surface area contributed by atoms with Gasteiger partial charge in [0.1, 0.15) is 11.6 Å². The highest BCUT2D eigenvalue weighted by Crippen LogP contribution is 2.12. The van der Waals surface area contributed by atoms with Crippen LogP contribution in [0.4, 0.5) is 8.78 Å². The fourth-order valence-corrected chi connectivity index (χ4v) is 2.25. The number of hydrogen-bond acceptors (Lipinski definition) is 2. The van der Waals surface area contributed by atoms with Gasteiger partial charge in [-0.25, -0.2) is 8.78 Å². The molecule has 0 spiro atoms. The van der Waals surface area contributed by atoms with E-state index in [-0.39, 0.29) is 30.4 Å². The average molecular weight is 268 g/mol. The zero-order chi connectivity index (χ0) is 13.7. The number of halogens is 2.